The first-order valence-corrected chi connectivity index (χ1v) is 6.82. The predicted octanol–water partition coefficient (Wildman–Crippen LogP) is 4.03. The van der Waals surface area contributed by atoms with Crippen LogP contribution in [0.1, 0.15) is 64.5 Å². The summed E-state index contributed by atoms with van der Waals surface area (Å²) in [5.74, 6) is 0.108. The molecule has 104 valence electrons. The zero-order valence-corrected chi connectivity index (χ0v) is 12.6. The minimum atomic E-state index is -0.167. The van der Waals surface area contributed by atoms with Crippen LogP contribution in [0.3, 0.4) is 0 Å². The fourth-order valence-corrected chi connectivity index (χ4v) is 2.41. The van der Waals surface area contributed by atoms with E-state index in [4.69, 9.17) is 0 Å². The molecule has 0 aromatic heterocycles. The van der Waals surface area contributed by atoms with Crippen molar-refractivity contribution in [2.45, 2.75) is 58.8 Å². The van der Waals surface area contributed by atoms with E-state index in [9.17, 15) is 9.59 Å². The maximum absolute atomic E-state index is 11.9. The lowest BCUT2D eigenvalue weighted by Crippen LogP contribution is -2.19. The summed E-state index contributed by atoms with van der Waals surface area (Å²) >= 11 is 0. The Morgan fingerprint density at radius 1 is 1.11 bits per heavy atom. The number of carbonyl (C=O) groups excluding carboxylic acids is 2. The zero-order chi connectivity index (χ0) is 14.6. The van der Waals surface area contributed by atoms with Crippen molar-refractivity contribution in [2.75, 3.05) is 0 Å². The van der Waals surface area contributed by atoms with E-state index in [2.05, 4.69) is 26.8 Å². The first-order chi connectivity index (χ1) is 8.73. The van der Waals surface area contributed by atoms with Crippen molar-refractivity contribution in [2.24, 2.45) is 0 Å². The van der Waals surface area contributed by atoms with Crippen molar-refractivity contribution >= 4 is 11.6 Å². The van der Waals surface area contributed by atoms with Gasteiger partial charge in [-0.3, -0.25) is 4.79 Å². The Labute approximate surface area is 116 Å². The summed E-state index contributed by atoms with van der Waals surface area (Å²) in [7, 11) is 0. The van der Waals surface area contributed by atoms with Crippen LogP contribution in [0.25, 0.3) is 0 Å². The molecule has 0 amide bonds. The molecule has 0 spiro atoms. The van der Waals surface area contributed by atoms with E-state index in [1.165, 1.54) is 5.56 Å². The molecule has 19 heavy (non-hydrogen) atoms. The second-order valence-electron chi connectivity index (χ2n) is 6.24. The van der Waals surface area contributed by atoms with Crippen LogP contribution in [0.4, 0.5) is 0 Å². The summed E-state index contributed by atoms with van der Waals surface area (Å²) in [6, 6.07) is 8.08. The monoisotopic (exact) mass is 260 g/mol. The summed E-state index contributed by atoms with van der Waals surface area (Å²) in [5.41, 5.74) is 2.27. The summed E-state index contributed by atoms with van der Waals surface area (Å²) < 4.78 is 0. The van der Waals surface area contributed by atoms with E-state index >= 15 is 0 Å². The Morgan fingerprint density at radius 2 is 1.68 bits per heavy atom. The van der Waals surface area contributed by atoms with Crippen molar-refractivity contribution in [3.8, 4) is 0 Å². The number of Topliss-reactive ketones (excluding diaryl/α,β-unsaturated/α-hetero) is 2. The van der Waals surface area contributed by atoms with Gasteiger partial charge in [-0.05, 0) is 36.8 Å². The van der Waals surface area contributed by atoms with Gasteiger partial charge in [-0.25, -0.2) is 0 Å². The molecule has 1 aromatic carbocycles. The summed E-state index contributed by atoms with van der Waals surface area (Å²) in [5, 5.41) is 0. The molecule has 0 aliphatic carbocycles. The van der Waals surface area contributed by atoms with Crippen LogP contribution in [-0.4, -0.2) is 11.6 Å². The minimum Gasteiger partial charge on any atom is -0.300 e. The molecule has 0 aliphatic rings. The first-order valence-electron chi connectivity index (χ1n) is 6.82. The van der Waals surface area contributed by atoms with Crippen molar-refractivity contribution in [3.63, 3.8) is 0 Å². The molecule has 1 aromatic rings. The molecular formula is C17H24O2. The predicted molar refractivity (Wildman–Crippen MR) is 78.5 cm³/mol. The average Bonchev–Trinajstić information content (AvgIpc) is 2.27. The largest absolute Gasteiger partial charge is 0.300 e. The third kappa shape index (κ3) is 4.30. The van der Waals surface area contributed by atoms with Gasteiger partial charge in [0, 0.05) is 12.3 Å². The molecule has 2 heteroatoms. The highest BCUT2D eigenvalue weighted by molar-refractivity contribution is 5.85. The number of hydrogen-bond donors (Lipinski definition) is 0. The van der Waals surface area contributed by atoms with Gasteiger partial charge in [0.05, 0.1) is 0 Å². The molecule has 0 aliphatic heterocycles. The number of hydrogen-bond acceptors (Lipinski definition) is 2. The SMILES string of the molecule is CC(=O)CCC(C(C)=O)c1ccccc1C(C)(C)C. The van der Waals surface area contributed by atoms with Crippen molar-refractivity contribution < 1.29 is 9.59 Å². The normalized spacial score (nSPS) is 13.1. The third-order valence-electron chi connectivity index (χ3n) is 3.42. The summed E-state index contributed by atoms with van der Waals surface area (Å²) in [6.45, 7) is 9.63. The summed E-state index contributed by atoms with van der Waals surface area (Å²) in [6.07, 6.45) is 1.07. The Kier molecular flexibility index (Phi) is 5.04. The smallest absolute Gasteiger partial charge is 0.137 e. The minimum absolute atomic E-state index is 0.000513. The lowest BCUT2D eigenvalue weighted by Gasteiger charge is -2.26. The topological polar surface area (TPSA) is 34.1 Å². The molecule has 1 rings (SSSR count). The highest BCUT2D eigenvalue weighted by Crippen LogP contribution is 2.33. The van der Waals surface area contributed by atoms with Crippen LogP contribution in [0, 0.1) is 0 Å². The van der Waals surface area contributed by atoms with Gasteiger partial charge in [-0.1, -0.05) is 45.0 Å². The second kappa shape index (κ2) is 6.14. The lowest BCUT2D eigenvalue weighted by molar-refractivity contribution is -0.119. The van der Waals surface area contributed by atoms with Gasteiger partial charge >= 0.3 is 0 Å². The highest BCUT2D eigenvalue weighted by Gasteiger charge is 2.25. The standard InChI is InChI=1S/C17H24O2/c1-12(18)10-11-14(13(2)19)15-8-6-7-9-16(15)17(3,4)5/h6-9,14H,10-11H2,1-5H3. The van der Waals surface area contributed by atoms with Crippen molar-refractivity contribution in [3.05, 3.63) is 35.4 Å². The van der Waals surface area contributed by atoms with Gasteiger partial charge in [-0.2, -0.15) is 0 Å². The van der Waals surface area contributed by atoms with E-state index in [1.807, 2.05) is 18.2 Å². The molecular weight excluding hydrogens is 236 g/mol. The van der Waals surface area contributed by atoms with Crippen LogP contribution in [0.2, 0.25) is 0 Å². The first kappa shape index (κ1) is 15.6. The quantitative estimate of drug-likeness (QED) is 0.801. The van der Waals surface area contributed by atoms with Crippen molar-refractivity contribution in [1.82, 2.24) is 0 Å². The van der Waals surface area contributed by atoms with Crippen LogP contribution in [-0.2, 0) is 15.0 Å². The Balaban J connectivity index is 3.16. The zero-order valence-electron chi connectivity index (χ0n) is 12.6. The van der Waals surface area contributed by atoms with E-state index in [0.29, 0.717) is 12.8 Å². The van der Waals surface area contributed by atoms with Crippen molar-refractivity contribution in [1.29, 1.82) is 0 Å². The average molecular weight is 260 g/mol. The Hall–Kier alpha value is -1.44. The molecule has 1 atom stereocenters. The van der Waals surface area contributed by atoms with Gasteiger partial charge < -0.3 is 4.79 Å². The maximum atomic E-state index is 11.9. The van der Waals surface area contributed by atoms with E-state index in [1.54, 1.807) is 13.8 Å². The maximum Gasteiger partial charge on any atom is 0.137 e. The van der Waals surface area contributed by atoms with E-state index in [0.717, 1.165) is 5.56 Å². The molecule has 0 bridgehead atoms. The van der Waals surface area contributed by atoms with Crippen LogP contribution >= 0.6 is 0 Å². The van der Waals surface area contributed by atoms with Gasteiger partial charge in [0.2, 0.25) is 0 Å². The second-order valence-corrected chi connectivity index (χ2v) is 6.24. The third-order valence-corrected chi connectivity index (χ3v) is 3.42. The number of carbonyl (C=O) groups is 2. The number of rotatable bonds is 5. The molecule has 2 nitrogen and oxygen atoms in total. The van der Waals surface area contributed by atoms with Crippen LogP contribution < -0.4 is 0 Å². The van der Waals surface area contributed by atoms with Gasteiger partial charge in [0.25, 0.3) is 0 Å². The lowest BCUT2D eigenvalue weighted by atomic mass is 9.78. The number of ketones is 2. The summed E-state index contributed by atoms with van der Waals surface area (Å²) in [4.78, 5) is 23.1. The van der Waals surface area contributed by atoms with E-state index < -0.39 is 0 Å². The highest BCUT2D eigenvalue weighted by atomic mass is 16.1. The Bertz CT molecular complexity index is 466. The molecule has 1 unspecified atom stereocenters. The van der Waals surface area contributed by atoms with Crippen LogP contribution in [0.15, 0.2) is 24.3 Å². The molecule has 0 radical (unpaired) electrons. The fraction of sp³-hybridized carbons (Fsp3) is 0.529. The van der Waals surface area contributed by atoms with Crippen LogP contribution in [0.5, 0.6) is 0 Å². The molecule has 0 heterocycles. The molecule has 0 saturated heterocycles. The molecule has 0 N–H and O–H groups in total. The van der Waals surface area contributed by atoms with E-state index in [-0.39, 0.29) is 22.9 Å². The molecule has 0 fully saturated rings. The van der Waals surface area contributed by atoms with Gasteiger partial charge in [-0.15, -0.1) is 0 Å². The Morgan fingerprint density at radius 3 is 2.16 bits per heavy atom. The van der Waals surface area contributed by atoms with Gasteiger partial charge in [0.15, 0.2) is 0 Å². The number of benzene rings is 1. The molecule has 0 saturated carbocycles. The van der Waals surface area contributed by atoms with Gasteiger partial charge in [0.1, 0.15) is 11.6 Å². The fourth-order valence-electron chi connectivity index (χ4n) is 2.41.